The van der Waals surface area contributed by atoms with Crippen molar-refractivity contribution in [3.63, 3.8) is 0 Å². The fourth-order valence-electron chi connectivity index (χ4n) is 5.08. The molecule has 0 amide bonds. The highest BCUT2D eigenvalue weighted by Gasteiger charge is 2.28. The Bertz CT molecular complexity index is 503. The number of unbranched alkanes of at least 4 members (excludes halogenated alkanes) is 13. The number of aliphatic hydroxyl groups is 1. The third-order valence-electron chi connectivity index (χ3n) is 6.92. The number of benzene rings is 1. The smallest absolute Gasteiger partial charge is 0.0561 e. The minimum Gasteiger partial charge on any atom is -0.393 e. The summed E-state index contributed by atoms with van der Waals surface area (Å²) in [4.78, 5) is 0. The van der Waals surface area contributed by atoms with E-state index in [-0.39, 0.29) is 6.10 Å². The van der Waals surface area contributed by atoms with Crippen molar-refractivity contribution in [2.24, 2.45) is 0 Å². The van der Waals surface area contributed by atoms with Crippen molar-refractivity contribution in [1.29, 1.82) is 0 Å². The monoisotopic (exact) mass is 415 g/mol. The molecular formula is C28H49NO. The van der Waals surface area contributed by atoms with E-state index in [0.29, 0.717) is 12.0 Å². The summed E-state index contributed by atoms with van der Waals surface area (Å²) in [6, 6.07) is 11.2. The quantitative estimate of drug-likeness (QED) is 0.255. The minimum atomic E-state index is -0.155. The molecule has 30 heavy (non-hydrogen) atoms. The van der Waals surface area contributed by atoms with Crippen LogP contribution in [0.5, 0.6) is 0 Å². The van der Waals surface area contributed by atoms with Crippen LogP contribution in [-0.2, 0) is 0 Å². The van der Waals surface area contributed by atoms with E-state index in [1.807, 2.05) is 0 Å². The zero-order chi connectivity index (χ0) is 21.3. The van der Waals surface area contributed by atoms with Gasteiger partial charge in [0.1, 0.15) is 0 Å². The first-order chi connectivity index (χ1) is 14.8. The second-order valence-corrected chi connectivity index (χ2v) is 9.72. The van der Waals surface area contributed by atoms with Crippen LogP contribution >= 0.6 is 0 Å². The molecule has 0 aromatic heterocycles. The van der Waals surface area contributed by atoms with E-state index in [2.05, 4.69) is 42.6 Å². The highest BCUT2D eigenvalue weighted by molar-refractivity contribution is 5.20. The normalized spacial score (nSPS) is 21.7. The summed E-state index contributed by atoms with van der Waals surface area (Å²) in [5, 5.41) is 14.0. The van der Waals surface area contributed by atoms with Gasteiger partial charge in [0.15, 0.2) is 0 Å². The molecule has 2 heteroatoms. The molecule has 2 rings (SSSR count). The Kier molecular flexibility index (Phi) is 14.2. The Balaban J connectivity index is 1.40. The van der Waals surface area contributed by atoms with Crippen molar-refractivity contribution >= 4 is 0 Å². The summed E-state index contributed by atoms with van der Waals surface area (Å²) in [5.41, 5.74) is 1.39. The summed E-state index contributed by atoms with van der Waals surface area (Å²) >= 11 is 0. The van der Waals surface area contributed by atoms with E-state index >= 15 is 0 Å². The number of hydrogen-bond acceptors (Lipinski definition) is 2. The Hall–Kier alpha value is -0.860. The lowest BCUT2D eigenvalue weighted by Crippen LogP contribution is -2.39. The number of aliphatic hydroxyl groups excluding tert-OH is 1. The largest absolute Gasteiger partial charge is 0.393 e. The molecule has 0 saturated heterocycles. The molecule has 1 aromatic carbocycles. The highest BCUT2D eigenvalue weighted by Crippen LogP contribution is 2.33. The first kappa shape index (κ1) is 25.4. The molecule has 1 aliphatic carbocycles. The maximum Gasteiger partial charge on any atom is 0.0561 e. The minimum absolute atomic E-state index is 0.155. The van der Waals surface area contributed by atoms with E-state index < -0.39 is 0 Å². The Morgan fingerprint density at radius 1 is 0.700 bits per heavy atom. The van der Waals surface area contributed by atoms with E-state index in [1.54, 1.807) is 0 Å². The topological polar surface area (TPSA) is 32.3 Å². The Morgan fingerprint density at radius 2 is 1.23 bits per heavy atom. The van der Waals surface area contributed by atoms with Crippen molar-refractivity contribution in [3.05, 3.63) is 35.9 Å². The molecular weight excluding hydrogens is 366 g/mol. The van der Waals surface area contributed by atoms with Gasteiger partial charge in [-0.3, -0.25) is 0 Å². The average Bonchev–Trinajstić information content (AvgIpc) is 2.76. The molecule has 3 atom stereocenters. The second kappa shape index (κ2) is 16.8. The van der Waals surface area contributed by atoms with Crippen LogP contribution in [-0.4, -0.2) is 23.8 Å². The molecule has 0 aliphatic heterocycles. The van der Waals surface area contributed by atoms with Gasteiger partial charge in [-0.2, -0.15) is 0 Å². The summed E-state index contributed by atoms with van der Waals surface area (Å²) < 4.78 is 0. The third kappa shape index (κ3) is 11.5. The molecule has 0 radical (unpaired) electrons. The first-order valence-electron chi connectivity index (χ1n) is 13.3. The molecule has 172 valence electrons. The lowest BCUT2D eigenvalue weighted by Gasteiger charge is -2.33. The predicted molar refractivity (Wildman–Crippen MR) is 131 cm³/mol. The molecule has 2 nitrogen and oxygen atoms in total. The van der Waals surface area contributed by atoms with E-state index in [9.17, 15) is 5.11 Å². The first-order valence-corrected chi connectivity index (χ1v) is 13.3. The summed E-state index contributed by atoms with van der Waals surface area (Å²) in [6.45, 7) is 3.40. The van der Waals surface area contributed by atoms with Crippen LogP contribution in [0.15, 0.2) is 30.3 Å². The fraction of sp³-hybridized carbons (Fsp3) is 0.786. The van der Waals surface area contributed by atoms with Gasteiger partial charge in [0, 0.05) is 6.04 Å². The maximum absolute atomic E-state index is 10.3. The third-order valence-corrected chi connectivity index (χ3v) is 6.92. The molecule has 3 unspecified atom stereocenters. The summed E-state index contributed by atoms with van der Waals surface area (Å²) in [6.07, 6.45) is 22.6. The highest BCUT2D eigenvalue weighted by atomic mass is 16.3. The van der Waals surface area contributed by atoms with Crippen molar-refractivity contribution in [3.8, 4) is 0 Å². The Morgan fingerprint density at radius 3 is 1.80 bits per heavy atom. The van der Waals surface area contributed by atoms with Crippen LogP contribution in [0.2, 0.25) is 0 Å². The van der Waals surface area contributed by atoms with Crippen LogP contribution in [0, 0.1) is 0 Å². The van der Waals surface area contributed by atoms with Gasteiger partial charge in [-0.15, -0.1) is 0 Å². The summed E-state index contributed by atoms with van der Waals surface area (Å²) in [7, 11) is 0. The van der Waals surface area contributed by atoms with Crippen LogP contribution in [0.25, 0.3) is 0 Å². The van der Waals surface area contributed by atoms with Crippen LogP contribution in [0.4, 0.5) is 0 Å². The van der Waals surface area contributed by atoms with Crippen molar-refractivity contribution in [1.82, 2.24) is 5.32 Å². The van der Waals surface area contributed by atoms with Crippen molar-refractivity contribution in [2.75, 3.05) is 6.54 Å². The average molecular weight is 416 g/mol. The molecule has 1 aromatic rings. The maximum atomic E-state index is 10.3. The van der Waals surface area contributed by atoms with Gasteiger partial charge in [0.25, 0.3) is 0 Å². The number of nitrogens with one attached hydrogen (secondary N) is 1. The zero-order valence-electron chi connectivity index (χ0n) is 19.8. The van der Waals surface area contributed by atoms with E-state index in [1.165, 1.54) is 102 Å². The van der Waals surface area contributed by atoms with Gasteiger partial charge in [0.05, 0.1) is 6.10 Å². The van der Waals surface area contributed by atoms with Crippen molar-refractivity contribution < 1.29 is 5.11 Å². The van der Waals surface area contributed by atoms with E-state index in [0.717, 1.165) is 19.4 Å². The SMILES string of the molecule is CCCCCCCCCCCCCCCCNC1CC(O)CC(c2ccccc2)C1. The fourth-order valence-corrected chi connectivity index (χ4v) is 5.08. The molecule has 0 bridgehead atoms. The molecule has 1 fully saturated rings. The van der Waals surface area contributed by atoms with Crippen LogP contribution in [0.1, 0.15) is 128 Å². The molecule has 2 N–H and O–H groups in total. The molecule has 1 aliphatic rings. The summed E-state index contributed by atoms with van der Waals surface area (Å²) in [5.74, 6) is 0.504. The zero-order valence-corrected chi connectivity index (χ0v) is 19.8. The van der Waals surface area contributed by atoms with Gasteiger partial charge in [-0.05, 0) is 43.7 Å². The van der Waals surface area contributed by atoms with Crippen molar-refractivity contribution in [2.45, 2.75) is 134 Å². The molecule has 0 heterocycles. The lowest BCUT2D eigenvalue weighted by atomic mass is 9.80. The van der Waals surface area contributed by atoms with Gasteiger partial charge >= 0.3 is 0 Å². The predicted octanol–water partition coefficient (Wildman–Crippen LogP) is 7.75. The van der Waals surface area contributed by atoms with Gasteiger partial charge in [-0.1, -0.05) is 121 Å². The van der Waals surface area contributed by atoms with Gasteiger partial charge < -0.3 is 10.4 Å². The van der Waals surface area contributed by atoms with Gasteiger partial charge in [0.2, 0.25) is 0 Å². The number of rotatable bonds is 17. The molecule has 0 spiro atoms. The standard InChI is InChI=1S/C28H49NO/c1-2-3-4-5-6-7-8-9-10-11-12-13-14-18-21-29-27-22-26(23-28(30)24-27)25-19-16-15-17-20-25/h15-17,19-20,26-30H,2-14,18,21-24H2,1H3. The van der Waals surface area contributed by atoms with Crippen LogP contribution in [0.3, 0.4) is 0 Å². The van der Waals surface area contributed by atoms with Gasteiger partial charge in [-0.25, -0.2) is 0 Å². The number of hydrogen-bond donors (Lipinski definition) is 2. The lowest BCUT2D eigenvalue weighted by molar-refractivity contribution is 0.100. The second-order valence-electron chi connectivity index (χ2n) is 9.72. The van der Waals surface area contributed by atoms with E-state index in [4.69, 9.17) is 0 Å². The van der Waals surface area contributed by atoms with Crippen LogP contribution < -0.4 is 5.32 Å². The Labute approximate surface area is 187 Å². The molecule has 1 saturated carbocycles.